The van der Waals surface area contributed by atoms with E-state index in [1.807, 2.05) is 48.5 Å². The van der Waals surface area contributed by atoms with Crippen molar-refractivity contribution < 1.29 is 5.11 Å². The number of benzene rings is 3. The summed E-state index contributed by atoms with van der Waals surface area (Å²) in [7, 11) is 0. The van der Waals surface area contributed by atoms with E-state index in [1.165, 1.54) is 10.9 Å². The van der Waals surface area contributed by atoms with Crippen molar-refractivity contribution >= 4 is 10.8 Å². The van der Waals surface area contributed by atoms with Gasteiger partial charge in [-0.05, 0) is 34.4 Å². The van der Waals surface area contributed by atoms with Crippen LogP contribution in [0.25, 0.3) is 10.8 Å². The molecule has 2 atom stereocenters. The molecule has 2 heteroatoms. The average molecular weight is 291 g/mol. The van der Waals surface area contributed by atoms with Crippen LogP contribution in [0.2, 0.25) is 0 Å². The highest BCUT2D eigenvalue weighted by atomic mass is 16.3. The van der Waals surface area contributed by atoms with E-state index in [-0.39, 0.29) is 0 Å². The highest BCUT2D eigenvalue weighted by Gasteiger charge is 2.19. The van der Waals surface area contributed by atoms with Gasteiger partial charge >= 0.3 is 0 Å². The molecule has 22 heavy (non-hydrogen) atoms. The molecular weight excluding hydrogens is 270 g/mol. The van der Waals surface area contributed by atoms with E-state index in [0.717, 1.165) is 16.5 Å². The molecule has 0 heterocycles. The van der Waals surface area contributed by atoms with Gasteiger partial charge in [0.05, 0.1) is 12.1 Å². The van der Waals surface area contributed by atoms with E-state index in [0.29, 0.717) is 6.42 Å². The number of hydrogen-bond acceptors (Lipinski definition) is 2. The van der Waals surface area contributed by atoms with Crippen molar-refractivity contribution in [2.45, 2.75) is 25.5 Å². The van der Waals surface area contributed by atoms with E-state index < -0.39 is 12.1 Å². The standard InChI is InChI=1S/C20H21NO/c1-14-11-12-18(17-10-6-5-9-16(14)17)20(21)19(22)13-15-7-3-2-4-8-15/h2-12,19-20,22H,13,21H2,1H3/t19-,20+/m1/s1. The van der Waals surface area contributed by atoms with Crippen LogP contribution in [0.1, 0.15) is 22.7 Å². The molecular formula is C20H21NO. The lowest BCUT2D eigenvalue weighted by atomic mass is 9.91. The molecule has 0 aliphatic carbocycles. The summed E-state index contributed by atoms with van der Waals surface area (Å²) in [6.45, 7) is 2.10. The molecule has 0 radical (unpaired) electrons. The molecule has 0 aliphatic heterocycles. The molecule has 3 rings (SSSR count). The second kappa shape index (κ2) is 6.30. The van der Waals surface area contributed by atoms with E-state index in [2.05, 4.69) is 25.1 Å². The van der Waals surface area contributed by atoms with Crippen LogP contribution in [0.15, 0.2) is 66.7 Å². The van der Waals surface area contributed by atoms with Crippen molar-refractivity contribution in [1.29, 1.82) is 0 Å². The molecule has 0 amide bonds. The van der Waals surface area contributed by atoms with Gasteiger partial charge in [-0.15, -0.1) is 0 Å². The third kappa shape index (κ3) is 2.89. The molecule has 3 N–H and O–H groups in total. The Balaban J connectivity index is 1.92. The molecule has 0 aromatic heterocycles. The summed E-state index contributed by atoms with van der Waals surface area (Å²) < 4.78 is 0. The van der Waals surface area contributed by atoms with Gasteiger partial charge in [-0.25, -0.2) is 0 Å². The zero-order valence-corrected chi connectivity index (χ0v) is 12.7. The van der Waals surface area contributed by atoms with Gasteiger partial charge < -0.3 is 10.8 Å². The molecule has 3 aromatic carbocycles. The van der Waals surface area contributed by atoms with Gasteiger partial charge in [0, 0.05) is 6.42 Å². The van der Waals surface area contributed by atoms with E-state index in [9.17, 15) is 5.11 Å². The number of aliphatic hydroxyl groups is 1. The summed E-state index contributed by atoms with van der Waals surface area (Å²) in [6.07, 6.45) is -0.0435. The normalized spacial score (nSPS) is 14.0. The Morgan fingerprint density at radius 3 is 2.23 bits per heavy atom. The monoisotopic (exact) mass is 291 g/mol. The zero-order chi connectivity index (χ0) is 15.5. The molecule has 3 aromatic rings. The first-order valence-electron chi connectivity index (χ1n) is 7.62. The molecule has 0 aliphatic rings. The van der Waals surface area contributed by atoms with Crippen LogP contribution < -0.4 is 5.73 Å². The second-order valence-electron chi connectivity index (χ2n) is 5.80. The maximum Gasteiger partial charge on any atom is 0.0773 e. The zero-order valence-electron chi connectivity index (χ0n) is 12.7. The van der Waals surface area contributed by atoms with Gasteiger partial charge in [0.2, 0.25) is 0 Å². The third-order valence-corrected chi connectivity index (χ3v) is 4.24. The van der Waals surface area contributed by atoms with Crippen LogP contribution in [-0.4, -0.2) is 11.2 Å². The van der Waals surface area contributed by atoms with Crippen molar-refractivity contribution in [3.8, 4) is 0 Å². The van der Waals surface area contributed by atoms with Gasteiger partial charge in [-0.1, -0.05) is 66.7 Å². The molecule has 2 nitrogen and oxygen atoms in total. The Bertz CT molecular complexity index is 767. The fourth-order valence-electron chi connectivity index (χ4n) is 2.95. The second-order valence-corrected chi connectivity index (χ2v) is 5.80. The summed E-state index contributed by atoms with van der Waals surface area (Å²) in [4.78, 5) is 0. The highest BCUT2D eigenvalue weighted by molar-refractivity contribution is 5.89. The maximum atomic E-state index is 10.5. The number of rotatable bonds is 4. The lowest BCUT2D eigenvalue weighted by Gasteiger charge is -2.21. The lowest BCUT2D eigenvalue weighted by molar-refractivity contribution is 0.145. The van der Waals surface area contributed by atoms with E-state index >= 15 is 0 Å². The molecule has 0 bridgehead atoms. The van der Waals surface area contributed by atoms with Gasteiger partial charge in [0.1, 0.15) is 0 Å². The number of nitrogens with two attached hydrogens (primary N) is 1. The molecule has 0 fully saturated rings. The summed E-state index contributed by atoms with van der Waals surface area (Å²) in [6, 6.07) is 21.9. The SMILES string of the molecule is Cc1ccc([C@H](N)[C@H](O)Cc2ccccc2)c2ccccc12. The van der Waals surface area contributed by atoms with Crippen LogP contribution in [0, 0.1) is 6.92 Å². The predicted molar refractivity (Wildman–Crippen MR) is 91.8 cm³/mol. The maximum absolute atomic E-state index is 10.5. The Hall–Kier alpha value is -2.16. The Morgan fingerprint density at radius 1 is 0.864 bits per heavy atom. The summed E-state index contributed by atoms with van der Waals surface area (Å²) in [5.74, 6) is 0. The number of aliphatic hydroxyl groups excluding tert-OH is 1. The topological polar surface area (TPSA) is 46.2 Å². The van der Waals surface area contributed by atoms with Crippen LogP contribution in [0.5, 0.6) is 0 Å². The van der Waals surface area contributed by atoms with Crippen molar-refractivity contribution in [3.05, 3.63) is 83.4 Å². The van der Waals surface area contributed by atoms with Crippen LogP contribution in [-0.2, 0) is 6.42 Å². The van der Waals surface area contributed by atoms with Crippen LogP contribution in [0.3, 0.4) is 0 Å². The molecule has 0 saturated carbocycles. The van der Waals surface area contributed by atoms with Gasteiger partial charge in [0.15, 0.2) is 0 Å². The summed E-state index contributed by atoms with van der Waals surface area (Å²) in [5, 5.41) is 12.9. The first-order valence-corrected chi connectivity index (χ1v) is 7.62. The minimum Gasteiger partial charge on any atom is -0.391 e. The first-order chi connectivity index (χ1) is 10.7. The van der Waals surface area contributed by atoms with E-state index in [1.54, 1.807) is 0 Å². The smallest absolute Gasteiger partial charge is 0.0773 e. The van der Waals surface area contributed by atoms with Crippen molar-refractivity contribution in [2.75, 3.05) is 0 Å². The molecule has 0 saturated heterocycles. The van der Waals surface area contributed by atoms with Crippen molar-refractivity contribution in [3.63, 3.8) is 0 Å². The average Bonchev–Trinajstić information content (AvgIpc) is 2.56. The minimum atomic E-state index is -0.603. The Kier molecular flexibility index (Phi) is 4.23. The van der Waals surface area contributed by atoms with E-state index in [4.69, 9.17) is 5.73 Å². The molecule has 0 spiro atoms. The van der Waals surface area contributed by atoms with Gasteiger partial charge in [0.25, 0.3) is 0 Å². The van der Waals surface area contributed by atoms with Gasteiger partial charge in [-0.2, -0.15) is 0 Å². The third-order valence-electron chi connectivity index (χ3n) is 4.24. The first kappa shape index (κ1) is 14.8. The van der Waals surface area contributed by atoms with Gasteiger partial charge in [-0.3, -0.25) is 0 Å². The van der Waals surface area contributed by atoms with Crippen molar-refractivity contribution in [1.82, 2.24) is 0 Å². The fourth-order valence-corrected chi connectivity index (χ4v) is 2.95. The fraction of sp³-hybridized carbons (Fsp3) is 0.200. The number of hydrogen-bond donors (Lipinski definition) is 2. The number of fused-ring (bicyclic) bond motifs is 1. The Labute approximate surface area is 131 Å². The lowest BCUT2D eigenvalue weighted by Crippen LogP contribution is -2.28. The summed E-state index contributed by atoms with van der Waals surface area (Å²) in [5.41, 5.74) is 9.68. The summed E-state index contributed by atoms with van der Waals surface area (Å²) >= 11 is 0. The highest BCUT2D eigenvalue weighted by Crippen LogP contribution is 2.28. The molecule has 112 valence electrons. The van der Waals surface area contributed by atoms with Crippen LogP contribution >= 0.6 is 0 Å². The Morgan fingerprint density at radius 2 is 1.50 bits per heavy atom. The van der Waals surface area contributed by atoms with Crippen LogP contribution in [0.4, 0.5) is 0 Å². The molecule has 0 unspecified atom stereocenters. The minimum absolute atomic E-state index is 0.397. The largest absolute Gasteiger partial charge is 0.391 e. The quantitative estimate of drug-likeness (QED) is 0.769. The van der Waals surface area contributed by atoms with Crippen molar-refractivity contribution in [2.24, 2.45) is 5.73 Å². The predicted octanol–water partition coefficient (Wildman–Crippen LogP) is 3.75. The number of aryl methyl sites for hydroxylation is 1.